The lowest BCUT2D eigenvalue weighted by atomic mass is 9.80. The van der Waals surface area contributed by atoms with Crippen molar-refractivity contribution < 1.29 is 48.0 Å². The van der Waals surface area contributed by atoms with E-state index >= 15 is 0 Å². The molecule has 7 atom stereocenters. The van der Waals surface area contributed by atoms with Crippen molar-refractivity contribution in [3.8, 4) is 0 Å². The van der Waals surface area contributed by atoms with Gasteiger partial charge in [0.25, 0.3) is 0 Å². The maximum absolute atomic E-state index is 13.1. The number of carbonyl (C=O) groups is 4. The molecule has 33 heavy (non-hydrogen) atoms. The first-order valence-corrected chi connectivity index (χ1v) is 10.6. The Bertz CT molecular complexity index is 1010. The molecule has 0 unspecified atom stereocenters. The Morgan fingerprint density at radius 2 is 1.97 bits per heavy atom. The molecule has 10 nitrogen and oxygen atoms in total. The van der Waals surface area contributed by atoms with Gasteiger partial charge in [-0.15, -0.1) is 0 Å². The molecule has 178 valence electrons. The second kappa shape index (κ2) is 7.89. The van der Waals surface area contributed by atoms with Gasteiger partial charge in [0.05, 0.1) is 12.7 Å². The van der Waals surface area contributed by atoms with E-state index in [9.17, 15) is 24.3 Å². The van der Waals surface area contributed by atoms with E-state index in [0.29, 0.717) is 0 Å². The van der Waals surface area contributed by atoms with Crippen LogP contribution in [0.3, 0.4) is 0 Å². The molecule has 0 aromatic heterocycles. The zero-order valence-corrected chi connectivity index (χ0v) is 18.8. The van der Waals surface area contributed by atoms with Crippen molar-refractivity contribution in [1.82, 2.24) is 0 Å². The Morgan fingerprint density at radius 1 is 1.27 bits per heavy atom. The number of hydrogen-bond donors (Lipinski definition) is 1. The first-order valence-electron chi connectivity index (χ1n) is 10.6. The van der Waals surface area contributed by atoms with Gasteiger partial charge in [-0.25, -0.2) is 9.59 Å². The number of ketones is 1. The zero-order valence-electron chi connectivity index (χ0n) is 18.8. The Morgan fingerprint density at radius 3 is 2.61 bits per heavy atom. The lowest BCUT2D eigenvalue weighted by Crippen LogP contribution is -2.52. The van der Waals surface area contributed by atoms with Gasteiger partial charge in [-0.05, 0) is 38.0 Å². The summed E-state index contributed by atoms with van der Waals surface area (Å²) in [6.45, 7) is 8.20. The average molecular weight is 462 g/mol. The second-order valence-corrected chi connectivity index (χ2v) is 9.02. The van der Waals surface area contributed by atoms with E-state index in [1.165, 1.54) is 19.9 Å². The number of aliphatic hydroxyl groups is 1. The highest BCUT2D eigenvalue weighted by atomic mass is 16.7. The highest BCUT2D eigenvalue weighted by Crippen LogP contribution is 2.51. The van der Waals surface area contributed by atoms with Gasteiger partial charge in [0.2, 0.25) is 5.79 Å². The van der Waals surface area contributed by atoms with Crippen molar-refractivity contribution in [2.75, 3.05) is 7.11 Å². The number of methoxy groups -OCH3 is 1. The molecule has 0 spiro atoms. The number of carbonyl (C=O) groups excluding carboxylic acids is 4. The number of ether oxygens (including phenoxy) is 5. The Labute approximate surface area is 190 Å². The van der Waals surface area contributed by atoms with E-state index in [1.807, 2.05) is 0 Å². The van der Waals surface area contributed by atoms with Gasteiger partial charge < -0.3 is 28.8 Å². The number of epoxide rings is 1. The van der Waals surface area contributed by atoms with Crippen molar-refractivity contribution in [2.45, 2.75) is 69.4 Å². The van der Waals surface area contributed by atoms with Crippen LogP contribution in [0.2, 0.25) is 0 Å². The molecule has 4 heterocycles. The molecule has 0 radical (unpaired) electrons. The summed E-state index contributed by atoms with van der Waals surface area (Å²) in [6, 6.07) is 0. The third kappa shape index (κ3) is 4.03. The largest absolute Gasteiger partial charge is 0.466 e. The van der Waals surface area contributed by atoms with Gasteiger partial charge >= 0.3 is 17.9 Å². The van der Waals surface area contributed by atoms with Crippen molar-refractivity contribution in [2.24, 2.45) is 5.92 Å². The molecule has 4 bridgehead atoms. The highest BCUT2D eigenvalue weighted by molar-refractivity contribution is 6.01. The first-order chi connectivity index (χ1) is 15.4. The van der Waals surface area contributed by atoms with E-state index in [2.05, 4.69) is 6.58 Å². The Balaban J connectivity index is 1.84. The fourth-order valence-corrected chi connectivity index (χ4v) is 4.86. The fraction of sp³-hybridized carbons (Fsp3) is 0.565. The number of rotatable bonds is 3. The van der Waals surface area contributed by atoms with Crippen LogP contribution in [0.15, 0.2) is 35.5 Å². The summed E-state index contributed by atoms with van der Waals surface area (Å²) in [6.07, 6.45) is -1.20. The van der Waals surface area contributed by atoms with Crippen LogP contribution in [-0.2, 0) is 42.9 Å². The lowest BCUT2D eigenvalue weighted by molar-refractivity contribution is -0.221. The normalized spacial score (nSPS) is 39.6. The van der Waals surface area contributed by atoms with Crippen LogP contribution in [0.25, 0.3) is 0 Å². The topological polar surface area (TPSA) is 138 Å². The average Bonchev–Trinajstić information content (AvgIpc) is 3.28. The quantitative estimate of drug-likeness (QED) is 0.276. The van der Waals surface area contributed by atoms with Gasteiger partial charge in [0.15, 0.2) is 5.78 Å². The molecule has 10 heteroatoms. The van der Waals surface area contributed by atoms with Crippen molar-refractivity contribution in [3.63, 3.8) is 0 Å². The minimum atomic E-state index is -1.97. The molecular weight excluding hydrogens is 436 g/mol. The minimum Gasteiger partial charge on any atom is -0.466 e. The van der Waals surface area contributed by atoms with Crippen LogP contribution in [0.4, 0.5) is 0 Å². The molecule has 4 rings (SSSR count). The number of hydrogen-bond acceptors (Lipinski definition) is 10. The van der Waals surface area contributed by atoms with Gasteiger partial charge in [-0.2, -0.15) is 0 Å². The SMILES string of the molecule is C=C(C(=O)OC)[C@@H]1C[C@@H](OC(C)=O)C2=C[C@H](C[C@@]3(C)O[C@@H]3[C@]3(O)C=C(C)C(=O)[C@H]1O3)OC2=O. The summed E-state index contributed by atoms with van der Waals surface area (Å²) < 4.78 is 27.3. The fourth-order valence-electron chi connectivity index (χ4n) is 4.86. The van der Waals surface area contributed by atoms with Crippen LogP contribution >= 0.6 is 0 Å². The first kappa shape index (κ1) is 23.3. The van der Waals surface area contributed by atoms with E-state index in [0.717, 1.165) is 7.11 Å². The summed E-state index contributed by atoms with van der Waals surface area (Å²) in [5, 5.41) is 11.3. The maximum Gasteiger partial charge on any atom is 0.338 e. The third-order valence-corrected chi connectivity index (χ3v) is 6.50. The third-order valence-electron chi connectivity index (χ3n) is 6.50. The van der Waals surface area contributed by atoms with Crippen molar-refractivity contribution >= 4 is 23.7 Å². The summed E-state index contributed by atoms with van der Waals surface area (Å²) >= 11 is 0. The van der Waals surface area contributed by atoms with Gasteiger partial charge in [-0.1, -0.05) is 6.58 Å². The Kier molecular flexibility index (Phi) is 5.58. The van der Waals surface area contributed by atoms with Crippen LogP contribution < -0.4 is 0 Å². The van der Waals surface area contributed by atoms with E-state index in [1.54, 1.807) is 13.0 Å². The lowest BCUT2D eigenvalue weighted by Gasteiger charge is -2.38. The van der Waals surface area contributed by atoms with Crippen LogP contribution in [0.1, 0.15) is 33.6 Å². The standard InChI is InChI=1S/C23H26O10/c1-10-8-23(28)21-22(4,33-21)9-13-6-15(20(27)31-13)16(30-12(3)24)7-14(11(2)19(26)29-5)18(32-23)17(10)25/h6,8,13-14,16,18,21,28H,2,7,9H2,1,3-5H3/t13-,14+,16-,18+,21+,22-,23+/m1/s1. The van der Waals surface area contributed by atoms with Gasteiger partial charge in [0, 0.05) is 24.8 Å². The molecule has 0 aliphatic carbocycles. The summed E-state index contributed by atoms with van der Waals surface area (Å²) in [4.78, 5) is 50.0. The second-order valence-electron chi connectivity index (χ2n) is 9.02. The monoisotopic (exact) mass is 462 g/mol. The van der Waals surface area contributed by atoms with Crippen molar-refractivity contribution in [3.05, 3.63) is 35.5 Å². The molecule has 4 aliphatic rings. The molecule has 4 aliphatic heterocycles. The van der Waals surface area contributed by atoms with E-state index in [4.69, 9.17) is 23.7 Å². The molecular formula is C23H26O10. The molecule has 0 aromatic rings. The molecule has 1 N–H and O–H groups in total. The van der Waals surface area contributed by atoms with Crippen molar-refractivity contribution in [1.29, 1.82) is 0 Å². The molecule has 0 saturated carbocycles. The van der Waals surface area contributed by atoms with E-state index < -0.39 is 65.4 Å². The predicted molar refractivity (Wildman–Crippen MR) is 109 cm³/mol. The summed E-state index contributed by atoms with van der Waals surface area (Å²) in [7, 11) is 1.16. The van der Waals surface area contributed by atoms with Gasteiger partial charge in [0.1, 0.15) is 30.0 Å². The number of Topliss-reactive ketones (excluding diaryl/α,β-unsaturated/α-hetero) is 1. The smallest absolute Gasteiger partial charge is 0.338 e. The summed E-state index contributed by atoms with van der Waals surface area (Å²) in [5.41, 5.74) is -0.752. The summed E-state index contributed by atoms with van der Waals surface area (Å²) in [5.74, 6) is -5.73. The number of esters is 3. The number of fused-ring (bicyclic) bond motifs is 5. The maximum atomic E-state index is 13.1. The van der Waals surface area contributed by atoms with Crippen LogP contribution in [0.5, 0.6) is 0 Å². The van der Waals surface area contributed by atoms with Gasteiger partial charge in [-0.3, -0.25) is 9.59 Å². The molecule has 1 saturated heterocycles. The Hall–Kier alpha value is -2.82. The molecule has 0 aromatic carbocycles. The van der Waals surface area contributed by atoms with E-state index in [-0.39, 0.29) is 29.6 Å². The molecule has 0 amide bonds. The van der Waals surface area contributed by atoms with Crippen LogP contribution in [-0.4, -0.2) is 71.7 Å². The minimum absolute atomic E-state index is 0.0880. The van der Waals surface area contributed by atoms with Crippen LogP contribution in [0, 0.1) is 5.92 Å². The predicted octanol–water partition coefficient (Wildman–Crippen LogP) is 0.669. The highest BCUT2D eigenvalue weighted by Gasteiger charge is 2.66. The molecule has 1 fully saturated rings. The zero-order chi connectivity index (χ0) is 24.3.